The Balaban J connectivity index is 2.60. The number of halogens is 1. The molecule has 0 aliphatic rings. The fraction of sp³-hybridized carbons (Fsp3) is 0.571. The molecule has 2 aromatic carbocycles. The smallest absolute Gasteiger partial charge is 0.408 e. The van der Waals surface area contributed by atoms with Gasteiger partial charge in [-0.2, -0.15) is 0 Å². The quantitative estimate of drug-likeness (QED) is 0.197. The summed E-state index contributed by atoms with van der Waals surface area (Å²) in [5.41, 5.74) is 2.45. The lowest BCUT2D eigenvalue weighted by Crippen LogP contribution is -2.55. The average molecular weight is 614 g/mol. The minimum Gasteiger partial charge on any atom is -0.444 e. The van der Waals surface area contributed by atoms with Gasteiger partial charge in [0.25, 0.3) is 5.91 Å². The molecule has 3 unspecified atom stereocenters. The summed E-state index contributed by atoms with van der Waals surface area (Å²) >= 11 is 6.50. The van der Waals surface area contributed by atoms with Gasteiger partial charge in [0.1, 0.15) is 17.7 Å². The van der Waals surface area contributed by atoms with E-state index in [-0.39, 0.29) is 17.7 Å². The Bertz CT molecular complexity index is 1170. The number of hydrogen-bond donors (Lipinski definition) is 2. The van der Waals surface area contributed by atoms with Gasteiger partial charge >= 0.3 is 6.09 Å². The van der Waals surface area contributed by atoms with Gasteiger partial charge in [0.05, 0.1) is 10.7 Å². The van der Waals surface area contributed by atoms with E-state index >= 15 is 0 Å². The molecule has 0 aliphatic carbocycles. The van der Waals surface area contributed by atoms with Crippen LogP contribution < -0.4 is 10.6 Å². The first-order valence-electron chi connectivity index (χ1n) is 15.8. The van der Waals surface area contributed by atoms with Crippen molar-refractivity contribution in [3.8, 4) is 0 Å². The van der Waals surface area contributed by atoms with Gasteiger partial charge < -0.3 is 20.3 Å². The summed E-state index contributed by atoms with van der Waals surface area (Å²) < 4.78 is 5.53. The first kappa shape index (κ1) is 36.1. The van der Waals surface area contributed by atoms with E-state index in [2.05, 4.69) is 24.5 Å². The molecule has 0 radical (unpaired) electrons. The van der Waals surface area contributed by atoms with Crippen LogP contribution in [-0.4, -0.2) is 41.0 Å². The number of carbonyl (C=O) groups excluding carboxylic acids is 3. The highest BCUT2D eigenvalue weighted by Crippen LogP contribution is 2.30. The molecule has 0 aliphatic heterocycles. The van der Waals surface area contributed by atoms with Crippen molar-refractivity contribution in [3.05, 3.63) is 64.2 Å². The second-order valence-electron chi connectivity index (χ2n) is 12.4. The molecule has 0 saturated heterocycles. The molecular weight excluding hydrogens is 562 g/mol. The lowest BCUT2D eigenvalue weighted by atomic mass is 9.95. The first-order chi connectivity index (χ1) is 20.3. The van der Waals surface area contributed by atoms with Crippen LogP contribution in [0.3, 0.4) is 0 Å². The van der Waals surface area contributed by atoms with Gasteiger partial charge in [0.2, 0.25) is 5.91 Å². The van der Waals surface area contributed by atoms with Crippen LogP contribution in [0.4, 0.5) is 10.5 Å². The summed E-state index contributed by atoms with van der Waals surface area (Å²) in [6.07, 6.45) is 5.76. The van der Waals surface area contributed by atoms with E-state index in [1.54, 1.807) is 31.7 Å². The number of aryl methyl sites for hydroxylation is 2. The normalized spacial score (nSPS) is 13.5. The van der Waals surface area contributed by atoms with Crippen LogP contribution in [0.2, 0.25) is 5.02 Å². The summed E-state index contributed by atoms with van der Waals surface area (Å²) in [6, 6.07) is 11.5. The van der Waals surface area contributed by atoms with Gasteiger partial charge in [-0.05, 0) is 69.2 Å². The predicted octanol–water partition coefficient (Wildman–Crippen LogP) is 8.63. The molecule has 3 amide bonds. The second-order valence-corrected chi connectivity index (χ2v) is 12.8. The summed E-state index contributed by atoms with van der Waals surface area (Å²) in [5.74, 6) is -0.867. The largest absolute Gasteiger partial charge is 0.444 e. The third kappa shape index (κ3) is 11.2. The van der Waals surface area contributed by atoms with Crippen molar-refractivity contribution < 1.29 is 19.1 Å². The molecule has 8 heteroatoms. The van der Waals surface area contributed by atoms with Crippen molar-refractivity contribution in [2.24, 2.45) is 5.92 Å². The number of unbranched alkanes of at least 4 members (excludes halogenated alkanes) is 4. The molecule has 0 bridgehead atoms. The van der Waals surface area contributed by atoms with E-state index in [1.165, 1.54) is 0 Å². The Hall–Kier alpha value is -3.06. The number of rotatable bonds is 15. The Morgan fingerprint density at radius 3 is 2.16 bits per heavy atom. The Morgan fingerprint density at radius 1 is 0.953 bits per heavy atom. The van der Waals surface area contributed by atoms with Gasteiger partial charge in [-0.15, -0.1) is 0 Å². The third-order valence-corrected chi connectivity index (χ3v) is 7.99. The molecule has 7 nitrogen and oxygen atoms in total. The van der Waals surface area contributed by atoms with Crippen molar-refractivity contribution in [2.75, 3.05) is 11.9 Å². The van der Waals surface area contributed by atoms with Crippen LogP contribution in [0.15, 0.2) is 42.5 Å². The zero-order valence-corrected chi connectivity index (χ0v) is 28.1. The average Bonchev–Trinajstić information content (AvgIpc) is 2.95. The van der Waals surface area contributed by atoms with Gasteiger partial charge in [-0.3, -0.25) is 9.59 Å². The lowest BCUT2D eigenvalue weighted by molar-refractivity contribution is -0.142. The highest BCUT2D eigenvalue weighted by Gasteiger charge is 2.38. The van der Waals surface area contributed by atoms with E-state index in [0.29, 0.717) is 29.2 Å². The summed E-state index contributed by atoms with van der Waals surface area (Å²) in [6.45, 7) is 15.7. The van der Waals surface area contributed by atoms with Crippen molar-refractivity contribution in [2.45, 2.75) is 118 Å². The van der Waals surface area contributed by atoms with Crippen LogP contribution in [0.5, 0.6) is 0 Å². The maximum Gasteiger partial charge on any atom is 0.408 e. The number of hydrogen-bond acceptors (Lipinski definition) is 4. The molecule has 2 rings (SSSR count). The first-order valence-corrected chi connectivity index (χ1v) is 16.1. The summed E-state index contributed by atoms with van der Waals surface area (Å²) in [4.78, 5) is 43.3. The van der Waals surface area contributed by atoms with Crippen molar-refractivity contribution in [1.82, 2.24) is 10.2 Å². The Labute approximate surface area is 264 Å². The zero-order valence-electron chi connectivity index (χ0n) is 27.4. The lowest BCUT2D eigenvalue weighted by Gasteiger charge is -2.36. The molecule has 0 fully saturated rings. The zero-order chi connectivity index (χ0) is 32.2. The number of amides is 3. The molecule has 0 aromatic heterocycles. The third-order valence-electron chi connectivity index (χ3n) is 7.67. The van der Waals surface area contributed by atoms with E-state index in [1.807, 2.05) is 57.2 Å². The number of alkyl carbamates (subject to hydrolysis) is 1. The standard InChI is InChI=1S/C35H52ClN3O4/c1-9-12-13-14-15-23-39(33(41)30(24(4)10-2)38-34(42)43-35(6,7)8)31(27-21-19-26(11-3)20-22-27)32(40)37-29-25(5)17-16-18-28(29)36/h16-22,24,30-31H,9-15,23H2,1-8H3,(H,37,40)(H,38,42). The van der Waals surface area contributed by atoms with Crippen molar-refractivity contribution >= 4 is 35.2 Å². The molecule has 0 heterocycles. The monoisotopic (exact) mass is 613 g/mol. The maximum atomic E-state index is 14.5. The van der Waals surface area contributed by atoms with Crippen LogP contribution >= 0.6 is 11.6 Å². The highest BCUT2D eigenvalue weighted by molar-refractivity contribution is 6.34. The van der Waals surface area contributed by atoms with Gasteiger partial charge in [-0.1, -0.05) is 108 Å². The molecule has 0 saturated carbocycles. The number of anilines is 1. The Morgan fingerprint density at radius 2 is 1.60 bits per heavy atom. The topological polar surface area (TPSA) is 87.7 Å². The van der Waals surface area contributed by atoms with E-state index in [0.717, 1.165) is 49.7 Å². The predicted molar refractivity (Wildman–Crippen MR) is 176 cm³/mol. The van der Waals surface area contributed by atoms with Gasteiger partial charge in [0.15, 0.2) is 0 Å². The SMILES string of the molecule is CCCCCCCN(C(=O)C(NC(=O)OC(C)(C)C)C(C)CC)C(C(=O)Nc1c(C)cccc1Cl)c1ccc(CC)cc1. The number of para-hydroxylation sites is 1. The Kier molecular flexibility index (Phi) is 14.5. The van der Waals surface area contributed by atoms with E-state index in [4.69, 9.17) is 16.3 Å². The number of benzene rings is 2. The van der Waals surface area contributed by atoms with Gasteiger partial charge in [-0.25, -0.2) is 4.79 Å². The molecule has 2 N–H and O–H groups in total. The van der Waals surface area contributed by atoms with Crippen LogP contribution in [0.25, 0.3) is 0 Å². The molecular formula is C35H52ClN3O4. The number of carbonyl (C=O) groups is 3. The summed E-state index contributed by atoms with van der Waals surface area (Å²) in [5, 5.41) is 6.30. The van der Waals surface area contributed by atoms with Crippen LogP contribution in [0.1, 0.15) is 110 Å². The number of nitrogens with one attached hydrogen (secondary N) is 2. The molecule has 0 spiro atoms. The molecule has 3 atom stereocenters. The van der Waals surface area contributed by atoms with Crippen molar-refractivity contribution in [3.63, 3.8) is 0 Å². The number of ether oxygens (including phenoxy) is 1. The van der Waals surface area contributed by atoms with Crippen LogP contribution in [-0.2, 0) is 20.7 Å². The van der Waals surface area contributed by atoms with E-state index in [9.17, 15) is 14.4 Å². The van der Waals surface area contributed by atoms with Crippen molar-refractivity contribution in [1.29, 1.82) is 0 Å². The van der Waals surface area contributed by atoms with Crippen LogP contribution in [0, 0.1) is 12.8 Å². The van der Waals surface area contributed by atoms with Gasteiger partial charge in [0, 0.05) is 6.54 Å². The minimum atomic E-state index is -0.938. The minimum absolute atomic E-state index is 0.195. The summed E-state index contributed by atoms with van der Waals surface area (Å²) in [7, 11) is 0. The highest BCUT2D eigenvalue weighted by atomic mass is 35.5. The molecule has 2 aromatic rings. The molecule has 43 heavy (non-hydrogen) atoms. The molecule has 238 valence electrons. The fourth-order valence-corrected chi connectivity index (χ4v) is 5.21. The second kappa shape index (κ2) is 17.3. The van der Waals surface area contributed by atoms with E-state index < -0.39 is 23.8 Å². The fourth-order valence-electron chi connectivity index (χ4n) is 4.94. The number of nitrogens with zero attached hydrogens (tertiary/aromatic N) is 1. The maximum absolute atomic E-state index is 14.5.